The molecular formula is C25H32N2OSSi. The molecule has 0 bridgehead atoms. The van der Waals surface area contributed by atoms with E-state index in [-0.39, 0.29) is 5.04 Å². The van der Waals surface area contributed by atoms with Gasteiger partial charge in [-0.2, -0.15) is 0 Å². The SMILES string of the molecule is CSc1ncc2c(n1)CC(c1cc(O[Si](C)(C)C(C)(C)C)cc3ccccc13)CC2. The molecule has 1 atom stereocenters. The molecule has 0 spiro atoms. The van der Waals surface area contributed by atoms with Gasteiger partial charge in [0.25, 0.3) is 0 Å². The van der Waals surface area contributed by atoms with Crippen LogP contribution in [0.4, 0.5) is 0 Å². The molecule has 0 amide bonds. The zero-order valence-corrected chi connectivity index (χ0v) is 20.8. The molecule has 158 valence electrons. The van der Waals surface area contributed by atoms with Gasteiger partial charge in [-0.05, 0) is 83.6 Å². The molecular weight excluding hydrogens is 404 g/mol. The van der Waals surface area contributed by atoms with E-state index in [2.05, 4.69) is 75.2 Å². The fourth-order valence-corrected chi connectivity index (χ4v) is 5.37. The zero-order valence-electron chi connectivity index (χ0n) is 19.0. The zero-order chi connectivity index (χ0) is 21.5. The lowest BCUT2D eigenvalue weighted by Gasteiger charge is -2.37. The minimum Gasteiger partial charge on any atom is -0.543 e. The molecule has 3 aromatic rings. The van der Waals surface area contributed by atoms with Gasteiger partial charge in [-0.1, -0.05) is 56.8 Å². The molecule has 5 heteroatoms. The number of hydrogen-bond acceptors (Lipinski definition) is 4. The van der Waals surface area contributed by atoms with E-state index >= 15 is 0 Å². The van der Waals surface area contributed by atoms with E-state index in [1.54, 1.807) is 11.8 Å². The second-order valence-corrected chi connectivity index (χ2v) is 15.4. The molecule has 0 saturated heterocycles. The third-order valence-corrected chi connectivity index (χ3v) is 11.7. The van der Waals surface area contributed by atoms with Gasteiger partial charge in [-0.15, -0.1) is 0 Å². The van der Waals surface area contributed by atoms with Crippen LogP contribution in [0.15, 0.2) is 47.8 Å². The van der Waals surface area contributed by atoms with Crippen molar-refractivity contribution in [2.45, 2.75) is 69.2 Å². The van der Waals surface area contributed by atoms with Gasteiger partial charge in [0.2, 0.25) is 8.32 Å². The van der Waals surface area contributed by atoms with Crippen LogP contribution in [0, 0.1) is 0 Å². The van der Waals surface area contributed by atoms with Gasteiger partial charge in [0, 0.05) is 11.9 Å². The Morgan fingerprint density at radius 3 is 2.63 bits per heavy atom. The van der Waals surface area contributed by atoms with E-state index in [0.717, 1.165) is 30.2 Å². The van der Waals surface area contributed by atoms with Gasteiger partial charge >= 0.3 is 0 Å². The number of aromatic nitrogens is 2. The molecule has 2 aromatic carbocycles. The van der Waals surface area contributed by atoms with Crippen LogP contribution < -0.4 is 4.43 Å². The maximum absolute atomic E-state index is 6.72. The van der Waals surface area contributed by atoms with Gasteiger partial charge in [0.1, 0.15) is 5.75 Å². The highest BCUT2D eigenvalue weighted by Gasteiger charge is 2.39. The normalized spacial score (nSPS) is 17.1. The van der Waals surface area contributed by atoms with Crippen LogP contribution in [-0.4, -0.2) is 24.5 Å². The highest BCUT2D eigenvalue weighted by molar-refractivity contribution is 7.98. The van der Waals surface area contributed by atoms with Crippen molar-refractivity contribution in [2.75, 3.05) is 6.26 Å². The van der Waals surface area contributed by atoms with Crippen molar-refractivity contribution in [1.29, 1.82) is 0 Å². The smallest absolute Gasteiger partial charge is 0.250 e. The molecule has 1 heterocycles. The van der Waals surface area contributed by atoms with Crippen molar-refractivity contribution >= 4 is 30.9 Å². The summed E-state index contributed by atoms with van der Waals surface area (Å²) in [6.07, 6.45) is 7.20. The highest BCUT2D eigenvalue weighted by Crippen LogP contribution is 2.41. The van der Waals surface area contributed by atoms with E-state index < -0.39 is 8.32 Å². The lowest BCUT2D eigenvalue weighted by Crippen LogP contribution is -2.43. The molecule has 1 aliphatic rings. The molecule has 0 N–H and O–H groups in total. The number of nitrogens with zero attached hydrogens (tertiary/aromatic N) is 2. The van der Waals surface area contributed by atoms with Gasteiger partial charge in [0.15, 0.2) is 5.16 Å². The Morgan fingerprint density at radius 2 is 1.90 bits per heavy atom. The monoisotopic (exact) mass is 436 g/mol. The fraction of sp³-hybridized carbons (Fsp3) is 0.440. The molecule has 4 rings (SSSR count). The number of rotatable bonds is 4. The van der Waals surface area contributed by atoms with E-state index in [9.17, 15) is 0 Å². The fourth-order valence-electron chi connectivity index (χ4n) is 3.99. The Kier molecular flexibility index (Phi) is 5.71. The summed E-state index contributed by atoms with van der Waals surface area (Å²) in [5.74, 6) is 1.48. The molecule has 0 fully saturated rings. The Balaban J connectivity index is 1.75. The van der Waals surface area contributed by atoms with Crippen molar-refractivity contribution in [2.24, 2.45) is 0 Å². The minimum atomic E-state index is -1.90. The molecule has 1 unspecified atom stereocenters. The summed E-state index contributed by atoms with van der Waals surface area (Å²) >= 11 is 1.61. The first-order valence-corrected chi connectivity index (χ1v) is 14.9. The van der Waals surface area contributed by atoms with E-state index in [0.29, 0.717) is 5.92 Å². The van der Waals surface area contributed by atoms with Gasteiger partial charge < -0.3 is 4.43 Å². The van der Waals surface area contributed by atoms with Gasteiger partial charge in [-0.3, -0.25) is 0 Å². The summed E-state index contributed by atoms with van der Waals surface area (Å²) in [6, 6.07) is 13.3. The van der Waals surface area contributed by atoms with Crippen molar-refractivity contribution < 1.29 is 4.43 Å². The Labute approximate surface area is 185 Å². The molecule has 30 heavy (non-hydrogen) atoms. The third kappa shape index (κ3) is 4.15. The highest BCUT2D eigenvalue weighted by atomic mass is 32.2. The molecule has 0 aliphatic heterocycles. The van der Waals surface area contributed by atoms with Crippen molar-refractivity contribution in [3.8, 4) is 5.75 Å². The lowest BCUT2D eigenvalue weighted by atomic mass is 9.81. The van der Waals surface area contributed by atoms with Crippen molar-refractivity contribution in [3.63, 3.8) is 0 Å². The predicted octanol–water partition coefficient (Wildman–Crippen LogP) is 7.01. The number of hydrogen-bond donors (Lipinski definition) is 0. The van der Waals surface area contributed by atoms with Crippen LogP contribution in [0.3, 0.4) is 0 Å². The van der Waals surface area contributed by atoms with Crippen LogP contribution in [-0.2, 0) is 12.8 Å². The van der Waals surface area contributed by atoms with Gasteiger partial charge in [-0.25, -0.2) is 9.97 Å². The first-order chi connectivity index (χ1) is 14.2. The summed E-state index contributed by atoms with van der Waals surface area (Å²) in [5, 5.41) is 3.65. The van der Waals surface area contributed by atoms with Crippen molar-refractivity contribution in [3.05, 3.63) is 59.4 Å². The molecule has 1 aliphatic carbocycles. The van der Waals surface area contributed by atoms with E-state index in [1.165, 1.54) is 27.6 Å². The average Bonchev–Trinajstić information content (AvgIpc) is 2.71. The van der Waals surface area contributed by atoms with Crippen LogP contribution in [0.25, 0.3) is 10.8 Å². The van der Waals surface area contributed by atoms with Crippen LogP contribution in [0.5, 0.6) is 5.75 Å². The first kappa shape index (κ1) is 21.4. The third-order valence-electron chi connectivity index (χ3n) is 6.80. The molecule has 0 saturated carbocycles. The standard InChI is InChI=1S/C25H32N2OSSi/c1-25(2,3)30(5,6)28-20-13-17-9-7-8-10-21(17)22(15-20)18-11-12-19-16-26-24(29-4)27-23(19)14-18/h7-10,13,15-16,18H,11-12,14H2,1-6H3. The number of benzene rings is 2. The second-order valence-electron chi connectivity index (χ2n) is 9.86. The Hall–Kier alpha value is -1.85. The van der Waals surface area contributed by atoms with Crippen molar-refractivity contribution in [1.82, 2.24) is 9.97 Å². The average molecular weight is 437 g/mol. The lowest BCUT2D eigenvalue weighted by molar-refractivity contribution is 0.490. The summed E-state index contributed by atoms with van der Waals surface area (Å²) < 4.78 is 6.72. The van der Waals surface area contributed by atoms with Gasteiger partial charge in [0.05, 0.1) is 0 Å². The Bertz CT molecular complexity index is 1070. The summed E-state index contributed by atoms with van der Waals surface area (Å²) in [5.41, 5.74) is 3.92. The minimum absolute atomic E-state index is 0.174. The number of fused-ring (bicyclic) bond motifs is 2. The Morgan fingerprint density at radius 1 is 1.13 bits per heavy atom. The molecule has 3 nitrogen and oxygen atoms in total. The van der Waals surface area contributed by atoms with E-state index in [1.807, 2.05) is 12.5 Å². The maximum atomic E-state index is 6.72. The predicted molar refractivity (Wildman–Crippen MR) is 130 cm³/mol. The largest absolute Gasteiger partial charge is 0.543 e. The topological polar surface area (TPSA) is 35.0 Å². The van der Waals surface area contributed by atoms with Crippen LogP contribution >= 0.6 is 11.8 Å². The maximum Gasteiger partial charge on any atom is 0.250 e. The summed E-state index contributed by atoms with van der Waals surface area (Å²) in [7, 11) is -1.90. The number of thioether (sulfide) groups is 1. The van der Waals surface area contributed by atoms with E-state index in [4.69, 9.17) is 9.41 Å². The quantitative estimate of drug-likeness (QED) is 0.250. The summed E-state index contributed by atoms with van der Waals surface area (Å²) in [4.78, 5) is 9.30. The number of aryl methyl sites for hydroxylation is 1. The molecule has 1 aromatic heterocycles. The molecule has 0 radical (unpaired) electrons. The van der Waals surface area contributed by atoms with Crippen LogP contribution in [0.1, 0.15) is 49.9 Å². The first-order valence-electron chi connectivity index (χ1n) is 10.8. The summed E-state index contributed by atoms with van der Waals surface area (Å²) in [6.45, 7) is 11.5. The second kappa shape index (κ2) is 8.01. The van der Waals surface area contributed by atoms with Crippen LogP contribution in [0.2, 0.25) is 18.1 Å².